The first-order chi connectivity index (χ1) is 16.2. The van der Waals surface area contributed by atoms with Gasteiger partial charge in [-0.3, -0.25) is 4.79 Å². The van der Waals surface area contributed by atoms with E-state index in [4.69, 9.17) is 11.7 Å². The zero-order valence-electron chi connectivity index (χ0n) is 20.9. The molecular weight excluding hydrogens is 450 g/mol. The second-order valence-electron chi connectivity index (χ2n) is 9.45. The molecule has 0 aromatic carbocycles. The maximum Gasteiger partial charge on any atom is 0.228 e. The summed E-state index contributed by atoms with van der Waals surface area (Å²) in [4.78, 5) is 17.5. The van der Waals surface area contributed by atoms with Crippen LogP contribution in [0.1, 0.15) is 85.9 Å². The molecule has 2 aromatic rings. The lowest BCUT2D eigenvalue weighted by Gasteiger charge is -2.43. The molecule has 0 spiro atoms. The Morgan fingerprint density at radius 1 is 1.29 bits per heavy atom. The Kier molecular flexibility index (Phi) is 9.03. The molecule has 1 amide bonds. The van der Waals surface area contributed by atoms with Gasteiger partial charge in [-0.1, -0.05) is 13.8 Å². The van der Waals surface area contributed by atoms with Crippen molar-refractivity contribution in [2.45, 2.75) is 84.3 Å². The summed E-state index contributed by atoms with van der Waals surface area (Å²) in [7, 11) is 0. The predicted octanol–water partition coefficient (Wildman–Crippen LogP) is 2.48. The number of carbonyl (C=O) groups excluding carboxylic acids is 1. The average molecular weight is 490 g/mol. The number of hydrogen-bond donors (Lipinski definition) is 4. The highest BCUT2D eigenvalue weighted by molar-refractivity contribution is 7.12. The van der Waals surface area contributed by atoms with E-state index in [2.05, 4.69) is 75.3 Å². The number of thiophene rings is 1. The van der Waals surface area contributed by atoms with E-state index < -0.39 is 0 Å². The molecule has 1 aliphatic heterocycles. The van der Waals surface area contributed by atoms with Gasteiger partial charge in [0.1, 0.15) is 17.5 Å². The summed E-state index contributed by atoms with van der Waals surface area (Å²) in [6.45, 7) is 12.7. The van der Waals surface area contributed by atoms with E-state index in [0.717, 1.165) is 42.5 Å². The van der Waals surface area contributed by atoms with Gasteiger partial charge in [-0.25, -0.2) is 5.84 Å². The third kappa shape index (κ3) is 6.34. The molecule has 6 N–H and O–H groups in total. The van der Waals surface area contributed by atoms with Gasteiger partial charge in [0, 0.05) is 34.3 Å². The first-order valence-electron chi connectivity index (χ1n) is 12.0. The van der Waals surface area contributed by atoms with Gasteiger partial charge in [-0.05, 0) is 58.7 Å². The number of amides is 1. The number of likely N-dealkylation sites (tertiary alicyclic amines) is 1. The van der Waals surface area contributed by atoms with Gasteiger partial charge in [-0.15, -0.1) is 21.5 Å². The Balaban J connectivity index is 1.60. The summed E-state index contributed by atoms with van der Waals surface area (Å²) < 4.78 is 2.29. The van der Waals surface area contributed by atoms with Crippen LogP contribution in [0.25, 0.3) is 0 Å². The molecule has 10 nitrogen and oxygen atoms in total. The third-order valence-electron chi connectivity index (χ3n) is 6.52. The van der Waals surface area contributed by atoms with Crippen LogP contribution in [-0.4, -0.2) is 50.5 Å². The third-order valence-corrected chi connectivity index (χ3v) is 7.64. The molecule has 1 saturated heterocycles. The van der Waals surface area contributed by atoms with Gasteiger partial charge >= 0.3 is 0 Å². The highest BCUT2D eigenvalue weighted by Gasteiger charge is 2.31. The van der Waals surface area contributed by atoms with Crippen molar-refractivity contribution in [1.29, 1.82) is 0 Å². The maximum atomic E-state index is 12.6. The Labute approximate surface area is 206 Å². The Hall–Kier alpha value is -2.50. The Bertz CT molecular complexity index is 983. The molecular formula is C23H39N9OS. The van der Waals surface area contributed by atoms with Crippen molar-refractivity contribution >= 4 is 23.1 Å². The van der Waals surface area contributed by atoms with E-state index in [-0.39, 0.29) is 24.2 Å². The minimum Gasteiger partial charge on any atom is -0.348 e. The predicted molar refractivity (Wildman–Crippen MR) is 136 cm³/mol. The van der Waals surface area contributed by atoms with E-state index in [1.165, 1.54) is 11.3 Å². The molecule has 0 aliphatic carbocycles. The molecule has 3 atom stereocenters. The molecule has 11 heteroatoms. The van der Waals surface area contributed by atoms with Crippen LogP contribution in [0, 0.1) is 13.8 Å². The number of hydrazine groups is 1. The molecule has 0 radical (unpaired) electrons. The van der Waals surface area contributed by atoms with Crippen LogP contribution in [0.5, 0.6) is 0 Å². The number of aryl methyl sites for hydroxylation is 2. The number of rotatable bonds is 11. The quantitative estimate of drug-likeness (QED) is 0.164. The van der Waals surface area contributed by atoms with Crippen LogP contribution in [0.3, 0.4) is 0 Å². The van der Waals surface area contributed by atoms with Crippen molar-refractivity contribution in [2.75, 3.05) is 13.1 Å². The zero-order chi connectivity index (χ0) is 24.8. The van der Waals surface area contributed by atoms with E-state index in [1.807, 2.05) is 6.92 Å². The first-order valence-corrected chi connectivity index (χ1v) is 12.8. The minimum atomic E-state index is -0.156. The maximum absolute atomic E-state index is 12.6. The molecule has 0 bridgehead atoms. The zero-order valence-corrected chi connectivity index (χ0v) is 21.7. The molecule has 1 fully saturated rings. The molecule has 2 aromatic heterocycles. The molecule has 188 valence electrons. The first kappa shape index (κ1) is 26.1. The van der Waals surface area contributed by atoms with Crippen molar-refractivity contribution in [3.63, 3.8) is 0 Å². The van der Waals surface area contributed by atoms with Crippen molar-refractivity contribution in [2.24, 2.45) is 16.8 Å². The summed E-state index contributed by atoms with van der Waals surface area (Å²) in [5.41, 5.74) is 2.37. The lowest BCUT2D eigenvalue weighted by atomic mass is 9.94. The number of aromatic nitrogens is 3. The van der Waals surface area contributed by atoms with Gasteiger partial charge in [-0.2, -0.15) is 5.10 Å². The van der Waals surface area contributed by atoms with Crippen molar-refractivity contribution in [3.05, 3.63) is 33.5 Å². The van der Waals surface area contributed by atoms with Crippen LogP contribution >= 0.6 is 11.3 Å². The average Bonchev–Trinajstić information content (AvgIpc) is 3.39. The fourth-order valence-electron chi connectivity index (χ4n) is 4.63. The van der Waals surface area contributed by atoms with Crippen LogP contribution in [0.15, 0.2) is 17.2 Å². The van der Waals surface area contributed by atoms with E-state index in [1.54, 1.807) is 11.3 Å². The van der Waals surface area contributed by atoms with Crippen molar-refractivity contribution in [3.8, 4) is 0 Å². The summed E-state index contributed by atoms with van der Waals surface area (Å²) >= 11 is 1.72. The van der Waals surface area contributed by atoms with Gasteiger partial charge in [0.05, 0.1) is 12.5 Å². The molecule has 34 heavy (non-hydrogen) atoms. The standard InChI is InChI=1S/C23H39N9OS/c1-14(2)23-30-29-17(5)32(23)15(3)12-18-8-10-31(18)11-9-19(20-7-6-16(4)34-20)26-22(33)13-21(27-24)28-25/h6-7,14-15,18-19H,8-13,24-25H2,1-5H3,(H,26,33)(H,27,28). The molecule has 1 aliphatic rings. The van der Waals surface area contributed by atoms with Crippen LogP contribution in [-0.2, 0) is 4.79 Å². The second kappa shape index (κ2) is 11.8. The number of carbonyl (C=O) groups is 1. The lowest BCUT2D eigenvalue weighted by molar-refractivity contribution is -0.120. The summed E-state index contributed by atoms with van der Waals surface area (Å²) in [6.07, 6.45) is 3.11. The van der Waals surface area contributed by atoms with E-state index in [9.17, 15) is 4.79 Å². The van der Waals surface area contributed by atoms with E-state index in [0.29, 0.717) is 18.0 Å². The Morgan fingerprint density at radius 3 is 2.62 bits per heavy atom. The molecule has 0 saturated carbocycles. The SMILES string of the molecule is Cc1ccc(C(CCN2CCC2CC(C)n2c(C)nnc2C(C)C)NC(=O)C/C(=N/N)NN)s1. The minimum absolute atomic E-state index is 0.0220. The van der Waals surface area contributed by atoms with Crippen LogP contribution in [0.4, 0.5) is 0 Å². The lowest BCUT2D eigenvalue weighted by Crippen LogP contribution is -2.49. The van der Waals surface area contributed by atoms with Gasteiger partial charge < -0.3 is 26.1 Å². The molecule has 3 unspecified atom stereocenters. The molecule has 3 rings (SSSR count). The topological polar surface area (TPSA) is 139 Å². The second-order valence-corrected chi connectivity index (χ2v) is 10.8. The monoisotopic (exact) mass is 489 g/mol. The number of nitrogens with two attached hydrogens (primary N) is 2. The van der Waals surface area contributed by atoms with Gasteiger partial charge in [0.15, 0.2) is 0 Å². The molecule has 3 heterocycles. The smallest absolute Gasteiger partial charge is 0.228 e. The number of hydrogen-bond acceptors (Lipinski definition) is 8. The van der Waals surface area contributed by atoms with Crippen molar-refractivity contribution < 1.29 is 4.79 Å². The van der Waals surface area contributed by atoms with Gasteiger partial charge in [0.25, 0.3) is 0 Å². The number of nitrogens with zero attached hydrogens (tertiary/aromatic N) is 5. The van der Waals surface area contributed by atoms with Crippen LogP contribution in [0.2, 0.25) is 0 Å². The van der Waals surface area contributed by atoms with Crippen LogP contribution < -0.4 is 22.4 Å². The summed E-state index contributed by atoms with van der Waals surface area (Å²) in [5, 5.41) is 15.4. The van der Waals surface area contributed by atoms with Gasteiger partial charge in [0.2, 0.25) is 5.91 Å². The number of amidine groups is 1. The fraction of sp³-hybridized carbons (Fsp3) is 0.652. The van der Waals surface area contributed by atoms with Crippen molar-refractivity contribution in [1.82, 2.24) is 30.4 Å². The van der Waals surface area contributed by atoms with E-state index >= 15 is 0 Å². The summed E-state index contributed by atoms with van der Waals surface area (Å²) in [5.74, 6) is 13.1. The fourth-order valence-corrected chi connectivity index (χ4v) is 5.59. The number of hydrazone groups is 1. The largest absolute Gasteiger partial charge is 0.348 e. The highest BCUT2D eigenvalue weighted by Crippen LogP contribution is 2.31. The number of nitrogens with one attached hydrogen (secondary N) is 2. The Morgan fingerprint density at radius 2 is 2.06 bits per heavy atom. The highest BCUT2D eigenvalue weighted by atomic mass is 32.1. The summed E-state index contributed by atoms with van der Waals surface area (Å²) in [6, 6.07) is 5.00. The normalized spacial score (nSPS) is 18.6.